The van der Waals surface area contributed by atoms with Gasteiger partial charge in [-0.25, -0.2) is 14.9 Å². The van der Waals surface area contributed by atoms with Gasteiger partial charge in [-0.1, -0.05) is 0 Å². The van der Waals surface area contributed by atoms with Crippen LogP contribution in [0.3, 0.4) is 0 Å². The largest absolute Gasteiger partial charge is 0.373 e. The number of hydrogen-bond donors (Lipinski definition) is 3. The van der Waals surface area contributed by atoms with Gasteiger partial charge in [-0.3, -0.25) is 4.57 Å². The molecule has 0 aliphatic heterocycles. The minimum Gasteiger partial charge on any atom is -0.373 e. The number of H-pyrrole nitrogens is 1. The number of anilines is 2. The fourth-order valence-corrected chi connectivity index (χ4v) is 2.65. The van der Waals surface area contributed by atoms with Crippen LogP contribution in [0.1, 0.15) is 18.9 Å². The number of nitrogens with one attached hydrogen (secondary N) is 2. The fraction of sp³-hybridized carbons (Fsp3) is 0.400. The molecular formula is C10H13N7OS. The van der Waals surface area contributed by atoms with Crippen LogP contribution in [0.15, 0.2) is 21.0 Å². The van der Waals surface area contributed by atoms with Crippen molar-refractivity contribution >= 4 is 23.5 Å². The van der Waals surface area contributed by atoms with Crippen molar-refractivity contribution in [3.05, 3.63) is 16.6 Å². The minimum atomic E-state index is -0.180. The summed E-state index contributed by atoms with van der Waals surface area (Å²) in [5.74, 6) is 0.816. The molecule has 19 heavy (non-hydrogen) atoms. The monoisotopic (exact) mass is 279 g/mol. The van der Waals surface area contributed by atoms with E-state index in [9.17, 15) is 4.79 Å². The van der Waals surface area contributed by atoms with E-state index in [1.165, 1.54) is 11.8 Å². The fourth-order valence-electron chi connectivity index (χ4n) is 1.73. The van der Waals surface area contributed by atoms with E-state index in [-0.39, 0.29) is 17.7 Å². The summed E-state index contributed by atoms with van der Waals surface area (Å²) >= 11 is 1.30. The lowest BCUT2D eigenvalue weighted by Gasteiger charge is -2.05. The lowest BCUT2D eigenvalue weighted by atomic mass is 10.6. The Labute approximate surface area is 112 Å². The van der Waals surface area contributed by atoms with Gasteiger partial charge in [0.1, 0.15) is 10.8 Å². The van der Waals surface area contributed by atoms with Crippen molar-refractivity contribution in [2.24, 2.45) is 0 Å². The molecule has 0 spiro atoms. The minimum absolute atomic E-state index is 0.180. The Morgan fingerprint density at radius 3 is 3.00 bits per heavy atom. The topological polar surface area (TPSA) is 115 Å². The first kappa shape index (κ1) is 12.0. The van der Waals surface area contributed by atoms with Gasteiger partial charge in [0.25, 0.3) is 0 Å². The Bertz CT molecular complexity index is 660. The molecule has 8 nitrogen and oxygen atoms in total. The number of nitrogens with two attached hydrogens (primary N) is 1. The SMILES string of the molecule is CNc1cc(Sc2n[nH]c(=O)n2C2CC2)nc(N)n1. The van der Waals surface area contributed by atoms with Gasteiger partial charge in [0.15, 0.2) is 5.16 Å². The first-order valence-electron chi connectivity index (χ1n) is 5.84. The Morgan fingerprint density at radius 2 is 2.32 bits per heavy atom. The summed E-state index contributed by atoms with van der Waals surface area (Å²) < 4.78 is 1.67. The molecule has 2 heterocycles. The number of hydrogen-bond acceptors (Lipinski definition) is 7. The van der Waals surface area contributed by atoms with Crippen LogP contribution in [0, 0.1) is 0 Å². The normalized spacial score (nSPS) is 14.6. The molecule has 0 aromatic carbocycles. The molecule has 0 atom stereocenters. The van der Waals surface area contributed by atoms with Gasteiger partial charge in [-0.15, -0.1) is 5.10 Å². The van der Waals surface area contributed by atoms with E-state index in [0.29, 0.717) is 16.0 Å². The predicted octanol–water partition coefficient (Wildman–Crippen LogP) is 0.471. The number of rotatable bonds is 4. The van der Waals surface area contributed by atoms with Crippen LogP contribution >= 0.6 is 11.8 Å². The Morgan fingerprint density at radius 1 is 1.53 bits per heavy atom. The zero-order valence-electron chi connectivity index (χ0n) is 10.3. The third-order valence-electron chi connectivity index (χ3n) is 2.76. The highest BCUT2D eigenvalue weighted by Crippen LogP contribution is 2.37. The van der Waals surface area contributed by atoms with E-state index >= 15 is 0 Å². The number of aromatic nitrogens is 5. The molecule has 0 amide bonds. The van der Waals surface area contributed by atoms with Crippen molar-refractivity contribution in [2.75, 3.05) is 18.1 Å². The van der Waals surface area contributed by atoms with Gasteiger partial charge < -0.3 is 11.1 Å². The molecule has 3 rings (SSSR count). The summed E-state index contributed by atoms with van der Waals surface area (Å²) in [5.41, 5.74) is 5.45. The Balaban J connectivity index is 1.93. The van der Waals surface area contributed by atoms with Crippen LogP contribution in [0.4, 0.5) is 11.8 Å². The average Bonchev–Trinajstić information content (AvgIpc) is 3.14. The number of aromatic amines is 1. The van der Waals surface area contributed by atoms with Gasteiger partial charge in [-0.05, 0) is 24.6 Å². The second-order valence-electron chi connectivity index (χ2n) is 4.21. The molecule has 0 bridgehead atoms. The zero-order valence-corrected chi connectivity index (χ0v) is 11.1. The van der Waals surface area contributed by atoms with E-state index in [4.69, 9.17) is 5.73 Å². The smallest absolute Gasteiger partial charge is 0.344 e. The van der Waals surface area contributed by atoms with Crippen molar-refractivity contribution in [3.8, 4) is 0 Å². The van der Waals surface area contributed by atoms with Crippen molar-refractivity contribution in [3.63, 3.8) is 0 Å². The second kappa shape index (κ2) is 4.57. The van der Waals surface area contributed by atoms with Crippen LogP contribution in [-0.2, 0) is 0 Å². The van der Waals surface area contributed by atoms with Gasteiger partial charge in [0.2, 0.25) is 5.95 Å². The van der Waals surface area contributed by atoms with Crippen LogP contribution in [-0.4, -0.2) is 31.8 Å². The standard InChI is InChI=1S/C10H13N7OS/c1-12-6-4-7(14-8(11)13-6)19-10-16-15-9(18)17(10)5-2-3-5/h4-5H,2-3H2,1H3,(H,15,18)(H3,11,12,13,14). The Hall–Kier alpha value is -2.03. The maximum Gasteiger partial charge on any atom is 0.344 e. The molecule has 0 radical (unpaired) electrons. The van der Waals surface area contributed by atoms with E-state index < -0.39 is 0 Å². The van der Waals surface area contributed by atoms with Crippen LogP contribution in [0.5, 0.6) is 0 Å². The second-order valence-corrected chi connectivity index (χ2v) is 5.20. The summed E-state index contributed by atoms with van der Waals surface area (Å²) in [6, 6.07) is 2.02. The summed E-state index contributed by atoms with van der Waals surface area (Å²) in [5, 5.41) is 10.7. The molecule has 0 saturated heterocycles. The van der Waals surface area contributed by atoms with Crippen LogP contribution in [0.25, 0.3) is 0 Å². The zero-order chi connectivity index (χ0) is 13.4. The number of nitrogen functional groups attached to an aromatic ring is 1. The van der Waals surface area contributed by atoms with E-state index in [1.807, 2.05) is 0 Å². The first-order chi connectivity index (χ1) is 9.17. The Kier molecular flexibility index (Phi) is 2.90. The molecule has 0 unspecified atom stereocenters. The molecular weight excluding hydrogens is 266 g/mol. The first-order valence-corrected chi connectivity index (χ1v) is 6.66. The summed E-state index contributed by atoms with van der Waals surface area (Å²) in [6.07, 6.45) is 2.03. The molecule has 100 valence electrons. The summed E-state index contributed by atoms with van der Waals surface area (Å²) in [7, 11) is 1.75. The van der Waals surface area contributed by atoms with E-state index in [1.54, 1.807) is 17.7 Å². The molecule has 1 aliphatic rings. The van der Waals surface area contributed by atoms with Crippen molar-refractivity contribution in [1.29, 1.82) is 0 Å². The molecule has 2 aromatic rings. The van der Waals surface area contributed by atoms with Crippen LogP contribution in [0.2, 0.25) is 0 Å². The summed E-state index contributed by atoms with van der Waals surface area (Å²) in [6.45, 7) is 0. The van der Waals surface area contributed by atoms with Crippen molar-refractivity contribution in [1.82, 2.24) is 24.7 Å². The lowest BCUT2D eigenvalue weighted by Crippen LogP contribution is -2.16. The average molecular weight is 279 g/mol. The number of nitrogens with zero attached hydrogens (tertiary/aromatic N) is 4. The highest BCUT2D eigenvalue weighted by Gasteiger charge is 2.28. The molecule has 1 saturated carbocycles. The predicted molar refractivity (Wildman–Crippen MR) is 71.2 cm³/mol. The van der Waals surface area contributed by atoms with Gasteiger partial charge in [0.05, 0.1) is 0 Å². The molecule has 9 heteroatoms. The van der Waals surface area contributed by atoms with Gasteiger partial charge in [0, 0.05) is 19.2 Å². The van der Waals surface area contributed by atoms with Gasteiger partial charge in [-0.2, -0.15) is 4.98 Å². The third-order valence-corrected chi connectivity index (χ3v) is 3.64. The highest BCUT2D eigenvalue weighted by molar-refractivity contribution is 7.99. The molecule has 2 aromatic heterocycles. The maximum absolute atomic E-state index is 11.7. The molecule has 4 N–H and O–H groups in total. The van der Waals surface area contributed by atoms with E-state index in [2.05, 4.69) is 25.5 Å². The lowest BCUT2D eigenvalue weighted by molar-refractivity contribution is 0.642. The third kappa shape index (κ3) is 2.41. The molecule has 1 aliphatic carbocycles. The highest BCUT2D eigenvalue weighted by atomic mass is 32.2. The molecule has 1 fully saturated rings. The quantitative estimate of drug-likeness (QED) is 0.697. The van der Waals surface area contributed by atoms with E-state index in [0.717, 1.165) is 12.8 Å². The van der Waals surface area contributed by atoms with Crippen molar-refractivity contribution in [2.45, 2.75) is 29.1 Å². The van der Waals surface area contributed by atoms with Gasteiger partial charge >= 0.3 is 5.69 Å². The van der Waals surface area contributed by atoms with Crippen molar-refractivity contribution < 1.29 is 0 Å². The maximum atomic E-state index is 11.7. The summed E-state index contributed by atoms with van der Waals surface area (Å²) in [4.78, 5) is 19.8. The van der Waals surface area contributed by atoms with Crippen LogP contribution < -0.4 is 16.7 Å².